The molecule has 1 heterocycles. The highest BCUT2D eigenvalue weighted by atomic mass is 16.6. The van der Waals surface area contributed by atoms with E-state index < -0.39 is 6.09 Å². The van der Waals surface area contributed by atoms with E-state index in [-0.39, 0.29) is 24.0 Å². The van der Waals surface area contributed by atoms with Crippen molar-refractivity contribution in [2.45, 2.75) is 111 Å². The number of ether oxygens (including phenoxy) is 2. The first kappa shape index (κ1) is 32.8. The summed E-state index contributed by atoms with van der Waals surface area (Å²) in [4.78, 5) is 27.1. The first-order valence-electron chi connectivity index (χ1n) is 17.8. The fourth-order valence-electron chi connectivity index (χ4n) is 10.3. The molecule has 0 aromatic heterocycles. The van der Waals surface area contributed by atoms with Gasteiger partial charge in [0, 0.05) is 32.6 Å². The molecule has 4 aliphatic carbocycles. The molecule has 43 heavy (non-hydrogen) atoms. The number of nitrogens with one attached hydrogen (secondary N) is 2. The number of morpholine rings is 1. The monoisotopic (exact) mass is 599 g/mol. The number of allylic oxidation sites excluding steroid dienone is 1. The summed E-state index contributed by atoms with van der Waals surface area (Å²) in [5, 5.41) is 5.58. The van der Waals surface area contributed by atoms with Crippen LogP contribution in [0.15, 0.2) is 11.6 Å². The quantitative estimate of drug-likeness (QED) is 0.263. The van der Waals surface area contributed by atoms with Crippen molar-refractivity contribution in [3.05, 3.63) is 11.6 Å². The molecule has 4 fully saturated rings. The van der Waals surface area contributed by atoms with Crippen LogP contribution in [-0.4, -0.2) is 68.9 Å². The number of amides is 2. The molecule has 1 aliphatic heterocycles. The van der Waals surface area contributed by atoms with Crippen molar-refractivity contribution in [2.75, 3.05) is 45.9 Å². The van der Waals surface area contributed by atoms with E-state index in [4.69, 9.17) is 9.47 Å². The average Bonchev–Trinajstić information content (AvgIpc) is 3.34. The molecule has 5 rings (SSSR count). The molecule has 7 nitrogen and oxygen atoms in total. The highest BCUT2D eigenvalue weighted by Crippen LogP contribution is 2.67. The van der Waals surface area contributed by atoms with Crippen LogP contribution in [0.1, 0.15) is 105 Å². The summed E-state index contributed by atoms with van der Waals surface area (Å²) in [6, 6.07) is 0. The Labute approximate surface area is 261 Å². The minimum absolute atomic E-state index is 0.0453. The average molecular weight is 600 g/mol. The Bertz CT molecular complexity index is 993. The minimum atomic E-state index is -0.473. The minimum Gasteiger partial charge on any atom is -0.446 e. The summed E-state index contributed by atoms with van der Waals surface area (Å²) in [5.74, 6) is 4.80. The lowest BCUT2D eigenvalue weighted by Crippen LogP contribution is -2.51. The van der Waals surface area contributed by atoms with Gasteiger partial charge in [0.1, 0.15) is 6.10 Å². The molecule has 0 bridgehead atoms. The molecule has 3 saturated carbocycles. The molecule has 0 unspecified atom stereocenters. The Hall–Kier alpha value is -1.60. The van der Waals surface area contributed by atoms with Crippen LogP contribution in [0.25, 0.3) is 0 Å². The van der Waals surface area contributed by atoms with Crippen molar-refractivity contribution in [1.29, 1.82) is 0 Å². The highest BCUT2D eigenvalue weighted by Gasteiger charge is 2.59. The number of fused-ring (bicyclic) bond motifs is 5. The number of hydrogen-bond acceptors (Lipinski definition) is 5. The van der Waals surface area contributed by atoms with Gasteiger partial charge in [0.15, 0.2) is 0 Å². The lowest BCUT2D eigenvalue weighted by molar-refractivity contribution is -0.120. The van der Waals surface area contributed by atoms with E-state index in [9.17, 15) is 9.59 Å². The van der Waals surface area contributed by atoms with Crippen LogP contribution in [0.4, 0.5) is 4.79 Å². The van der Waals surface area contributed by atoms with E-state index in [1.165, 1.54) is 56.9 Å². The molecule has 1 saturated heterocycles. The van der Waals surface area contributed by atoms with Gasteiger partial charge in [0.2, 0.25) is 5.91 Å². The third-order valence-corrected chi connectivity index (χ3v) is 12.8. The molecule has 0 radical (unpaired) electrons. The zero-order valence-corrected chi connectivity index (χ0v) is 27.9. The maximum atomic E-state index is 12.6. The van der Waals surface area contributed by atoms with Crippen molar-refractivity contribution >= 4 is 12.0 Å². The predicted octanol–water partition coefficient (Wildman–Crippen LogP) is 6.57. The summed E-state index contributed by atoms with van der Waals surface area (Å²) < 4.78 is 11.2. The molecule has 2 amide bonds. The van der Waals surface area contributed by atoms with Crippen molar-refractivity contribution in [3.8, 4) is 0 Å². The standard InChI is InChI=1S/C36H61N3O4/c1-25(2)7-6-8-26(3)30-11-12-31-29-10-9-27-23-28(13-15-35(27,4)32(29)14-16-36(30,31)5)43-34(41)38-24-33(40)37-17-18-39-19-21-42-22-20-39/h9,25-26,28-32H,6-8,10-24H2,1-5H3,(H,37,40)(H,38,41)/t26-,28+,29+,30-,31+,32+,35+,36-/m1/s1. The van der Waals surface area contributed by atoms with E-state index in [0.717, 1.165) is 87.6 Å². The Morgan fingerprint density at radius 3 is 2.58 bits per heavy atom. The summed E-state index contributed by atoms with van der Waals surface area (Å²) in [7, 11) is 0. The fraction of sp³-hybridized carbons (Fsp3) is 0.889. The van der Waals surface area contributed by atoms with Crippen LogP contribution < -0.4 is 10.6 Å². The Balaban J connectivity index is 1.09. The Morgan fingerprint density at radius 2 is 1.81 bits per heavy atom. The Kier molecular flexibility index (Phi) is 10.8. The smallest absolute Gasteiger partial charge is 0.407 e. The molecular formula is C36H61N3O4. The molecule has 0 aromatic carbocycles. The third kappa shape index (κ3) is 7.45. The summed E-state index contributed by atoms with van der Waals surface area (Å²) >= 11 is 0. The lowest BCUT2D eigenvalue weighted by atomic mass is 9.47. The van der Waals surface area contributed by atoms with E-state index in [0.29, 0.717) is 12.0 Å². The van der Waals surface area contributed by atoms with E-state index >= 15 is 0 Å². The molecule has 0 spiro atoms. The topological polar surface area (TPSA) is 79.9 Å². The predicted molar refractivity (Wildman–Crippen MR) is 172 cm³/mol. The second-order valence-electron chi connectivity index (χ2n) is 15.7. The normalized spacial score (nSPS) is 36.6. The number of alkyl carbamates (subject to hydrolysis) is 1. The zero-order valence-electron chi connectivity index (χ0n) is 27.9. The molecule has 7 heteroatoms. The lowest BCUT2D eigenvalue weighted by Gasteiger charge is -2.58. The van der Waals surface area contributed by atoms with Gasteiger partial charge in [-0.15, -0.1) is 0 Å². The van der Waals surface area contributed by atoms with Crippen LogP contribution in [0.3, 0.4) is 0 Å². The molecule has 2 N–H and O–H groups in total. The Morgan fingerprint density at radius 1 is 1.02 bits per heavy atom. The number of carbonyl (C=O) groups is 2. The maximum Gasteiger partial charge on any atom is 0.407 e. The number of rotatable bonds is 11. The third-order valence-electron chi connectivity index (χ3n) is 12.8. The van der Waals surface area contributed by atoms with Crippen molar-refractivity contribution < 1.29 is 19.1 Å². The van der Waals surface area contributed by atoms with Gasteiger partial charge in [0.25, 0.3) is 0 Å². The highest BCUT2D eigenvalue weighted by molar-refractivity contribution is 5.82. The van der Waals surface area contributed by atoms with Gasteiger partial charge in [0.05, 0.1) is 19.8 Å². The van der Waals surface area contributed by atoms with Crippen LogP contribution in [0.2, 0.25) is 0 Å². The molecule has 244 valence electrons. The summed E-state index contributed by atoms with van der Waals surface area (Å²) in [6.07, 6.45) is 15.8. The summed E-state index contributed by atoms with van der Waals surface area (Å²) in [5.41, 5.74) is 2.27. The van der Waals surface area contributed by atoms with E-state index in [2.05, 4.69) is 56.2 Å². The first-order valence-corrected chi connectivity index (χ1v) is 17.8. The van der Waals surface area contributed by atoms with E-state index in [1.54, 1.807) is 0 Å². The maximum absolute atomic E-state index is 12.6. The molecule has 5 aliphatic rings. The van der Waals surface area contributed by atoms with E-state index in [1.807, 2.05) is 0 Å². The molecule has 8 atom stereocenters. The second-order valence-corrected chi connectivity index (χ2v) is 15.7. The van der Waals surface area contributed by atoms with Gasteiger partial charge >= 0.3 is 6.09 Å². The van der Waals surface area contributed by atoms with Crippen LogP contribution in [0, 0.1) is 46.3 Å². The van der Waals surface area contributed by atoms with Gasteiger partial charge in [-0.25, -0.2) is 4.79 Å². The van der Waals surface area contributed by atoms with Gasteiger partial charge in [-0.3, -0.25) is 9.69 Å². The van der Waals surface area contributed by atoms with Crippen LogP contribution in [0.5, 0.6) is 0 Å². The SMILES string of the molecule is CC(C)CCC[C@@H](C)[C@H]1CC[C@H]2[C@@H]3CC=C4C[C@@H](OC(=O)NCC(=O)NCCN5CCOCC5)CC[C@]4(C)[C@H]3CC[C@]12C. The van der Waals surface area contributed by atoms with Crippen molar-refractivity contribution in [1.82, 2.24) is 15.5 Å². The van der Waals surface area contributed by atoms with Gasteiger partial charge in [-0.05, 0) is 91.3 Å². The zero-order chi connectivity index (χ0) is 30.6. The van der Waals surface area contributed by atoms with Gasteiger partial charge in [-0.2, -0.15) is 0 Å². The van der Waals surface area contributed by atoms with Gasteiger partial charge in [-0.1, -0.05) is 65.5 Å². The second kappa shape index (κ2) is 14.2. The number of carbonyl (C=O) groups excluding carboxylic acids is 2. The fourth-order valence-corrected chi connectivity index (χ4v) is 10.3. The van der Waals surface area contributed by atoms with Gasteiger partial charge < -0.3 is 20.1 Å². The molecular weight excluding hydrogens is 538 g/mol. The largest absolute Gasteiger partial charge is 0.446 e. The van der Waals surface area contributed by atoms with Crippen LogP contribution in [-0.2, 0) is 14.3 Å². The van der Waals surface area contributed by atoms with Crippen LogP contribution >= 0.6 is 0 Å². The van der Waals surface area contributed by atoms with Crippen molar-refractivity contribution in [2.24, 2.45) is 46.3 Å². The summed E-state index contributed by atoms with van der Waals surface area (Å²) in [6.45, 7) is 17.1. The van der Waals surface area contributed by atoms with Crippen molar-refractivity contribution in [3.63, 3.8) is 0 Å². The number of nitrogens with zero attached hydrogens (tertiary/aromatic N) is 1. The first-order chi connectivity index (χ1) is 20.6. The molecule has 0 aromatic rings. The number of hydrogen-bond donors (Lipinski definition) is 2.